The molecule has 1 nitrogen and oxygen atoms in total. The number of likely N-dealkylation sites (N-methyl/N-ethyl adjacent to an activating group) is 1. The molecule has 9 heavy (non-hydrogen) atoms. The summed E-state index contributed by atoms with van der Waals surface area (Å²) in [5.41, 5.74) is 0. The van der Waals surface area contributed by atoms with E-state index in [1.165, 1.54) is 19.3 Å². The van der Waals surface area contributed by atoms with Gasteiger partial charge in [0.15, 0.2) is 0 Å². The van der Waals surface area contributed by atoms with Crippen molar-refractivity contribution in [3.63, 3.8) is 0 Å². The fourth-order valence-corrected chi connectivity index (χ4v) is 1.73. The zero-order valence-corrected chi connectivity index (χ0v) is 6.72. The van der Waals surface area contributed by atoms with E-state index in [4.69, 9.17) is 0 Å². The van der Waals surface area contributed by atoms with Gasteiger partial charge in [-0.25, -0.2) is 0 Å². The summed E-state index contributed by atoms with van der Waals surface area (Å²) in [5.74, 6) is 0. The van der Waals surface area contributed by atoms with Crippen molar-refractivity contribution in [2.24, 2.45) is 0 Å². The maximum atomic E-state index is 2.48. The van der Waals surface area contributed by atoms with E-state index in [0.29, 0.717) is 0 Å². The van der Waals surface area contributed by atoms with Crippen molar-refractivity contribution < 1.29 is 0 Å². The molecule has 1 saturated heterocycles. The molecule has 0 aliphatic carbocycles. The molecule has 1 heteroatoms. The molecule has 1 heterocycles. The minimum Gasteiger partial charge on any atom is -0.297 e. The largest absolute Gasteiger partial charge is 0.297 e. The Balaban J connectivity index is 2.17. The summed E-state index contributed by atoms with van der Waals surface area (Å²) in [4.78, 5) is 2.48. The van der Waals surface area contributed by atoms with Gasteiger partial charge in [0, 0.05) is 12.1 Å². The Morgan fingerprint density at radius 2 is 1.89 bits per heavy atom. The third-order valence-corrected chi connectivity index (χ3v) is 2.40. The second-order valence-corrected chi connectivity index (χ2v) is 3.00. The lowest BCUT2D eigenvalue weighted by Gasteiger charge is -1.88. The summed E-state index contributed by atoms with van der Waals surface area (Å²) in [5, 5.41) is 0. The lowest BCUT2D eigenvalue weighted by Crippen LogP contribution is -1.91. The monoisotopic (exact) mass is 127 g/mol. The minimum atomic E-state index is 0.921. The van der Waals surface area contributed by atoms with Crippen LogP contribution in [-0.2, 0) is 0 Å². The third-order valence-electron chi connectivity index (χ3n) is 2.40. The molecule has 0 aromatic rings. The molecule has 1 aliphatic heterocycles. The van der Waals surface area contributed by atoms with Crippen LogP contribution in [0.3, 0.4) is 0 Å². The highest BCUT2D eigenvalue weighted by atomic mass is 15.3. The zero-order chi connectivity index (χ0) is 6.85. The van der Waals surface area contributed by atoms with E-state index in [2.05, 4.69) is 25.8 Å². The number of rotatable bonds is 3. The molecular formula is C8H17N. The molecule has 0 aromatic carbocycles. The van der Waals surface area contributed by atoms with Gasteiger partial charge in [0.25, 0.3) is 0 Å². The van der Waals surface area contributed by atoms with Crippen molar-refractivity contribution >= 4 is 0 Å². The van der Waals surface area contributed by atoms with Gasteiger partial charge in [0.05, 0.1) is 0 Å². The lowest BCUT2D eigenvalue weighted by molar-refractivity contribution is 0.557. The lowest BCUT2D eigenvalue weighted by atomic mass is 10.2. The Kier molecular flexibility index (Phi) is 2.12. The average Bonchev–Trinajstić information content (AvgIpc) is 2.44. The summed E-state index contributed by atoms with van der Waals surface area (Å²) >= 11 is 0. The Bertz CT molecular complexity index is 90.6. The van der Waals surface area contributed by atoms with Gasteiger partial charge in [-0.2, -0.15) is 0 Å². The van der Waals surface area contributed by atoms with Gasteiger partial charge in [-0.15, -0.1) is 0 Å². The number of hydrogen-bond acceptors (Lipinski definition) is 1. The zero-order valence-electron chi connectivity index (χ0n) is 6.72. The van der Waals surface area contributed by atoms with Crippen molar-refractivity contribution in [1.82, 2.24) is 4.90 Å². The Morgan fingerprint density at radius 1 is 1.22 bits per heavy atom. The van der Waals surface area contributed by atoms with Crippen LogP contribution in [0, 0.1) is 0 Å². The van der Waals surface area contributed by atoms with E-state index in [9.17, 15) is 0 Å². The fraction of sp³-hybridized carbons (Fsp3) is 1.00. The summed E-state index contributed by atoms with van der Waals surface area (Å²) in [6.07, 6.45) is 4.07. The van der Waals surface area contributed by atoms with Crippen LogP contribution < -0.4 is 0 Å². The van der Waals surface area contributed by atoms with E-state index in [-0.39, 0.29) is 0 Å². The SMILES string of the molecule is CCC[C@H]1C(CC)N1C. The summed E-state index contributed by atoms with van der Waals surface area (Å²) in [6, 6.07) is 1.85. The normalized spacial score (nSPS) is 41.0. The van der Waals surface area contributed by atoms with Gasteiger partial charge in [-0.05, 0) is 19.9 Å². The first kappa shape index (κ1) is 7.07. The van der Waals surface area contributed by atoms with Crippen LogP contribution in [0.2, 0.25) is 0 Å². The Labute approximate surface area is 58.0 Å². The molecule has 0 N–H and O–H groups in total. The van der Waals surface area contributed by atoms with Crippen molar-refractivity contribution in [1.29, 1.82) is 0 Å². The van der Waals surface area contributed by atoms with Gasteiger partial charge >= 0.3 is 0 Å². The second-order valence-electron chi connectivity index (χ2n) is 3.00. The second kappa shape index (κ2) is 2.70. The molecular weight excluding hydrogens is 110 g/mol. The van der Waals surface area contributed by atoms with Crippen LogP contribution in [0.15, 0.2) is 0 Å². The maximum absolute atomic E-state index is 2.48. The summed E-state index contributed by atoms with van der Waals surface area (Å²) < 4.78 is 0. The Hall–Kier alpha value is -0.0400. The number of hydrogen-bond donors (Lipinski definition) is 0. The van der Waals surface area contributed by atoms with Crippen molar-refractivity contribution in [3.05, 3.63) is 0 Å². The van der Waals surface area contributed by atoms with E-state index in [1.807, 2.05) is 0 Å². The summed E-state index contributed by atoms with van der Waals surface area (Å²) in [7, 11) is 2.23. The van der Waals surface area contributed by atoms with Gasteiger partial charge < -0.3 is 0 Å². The maximum Gasteiger partial charge on any atom is 0.0251 e. The molecule has 1 rings (SSSR count). The van der Waals surface area contributed by atoms with Gasteiger partial charge in [-0.1, -0.05) is 20.3 Å². The van der Waals surface area contributed by atoms with E-state index in [1.54, 1.807) is 0 Å². The molecule has 0 saturated carbocycles. The van der Waals surface area contributed by atoms with Gasteiger partial charge in [0.2, 0.25) is 0 Å². The van der Waals surface area contributed by atoms with Crippen LogP contribution in [0.1, 0.15) is 33.1 Å². The van der Waals surface area contributed by atoms with Crippen molar-refractivity contribution in [2.45, 2.75) is 45.2 Å². The number of nitrogens with zero attached hydrogens (tertiary/aromatic N) is 1. The molecule has 0 spiro atoms. The molecule has 3 atom stereocenters. The predicted molar refractivity (Wildman–Crippen MR) is 40.5 cm³/mol. The summed E-state index contributed by atoms with van der Waals surface area (Å²) in [6.45, 7) is 4.54. The van der Waals surface area contributed by atoms with Crippen LogP contribution in [0.25, 0.3) is 0 Å². The molecule has 0 aromatic heterocycles. The topological polar surface area (TPSA) is 3.01 Å². The molecule has 2 unspecified atom stereocenters. The van der Waals surface area contributed by atoms with E-state index < -0.39 is 0 Å². The first-order valence-corrected chi connectivity index (χ1v) is 4.03. The van der Waals surface area contributed by atoms with Crippen LogP contribution in [0.4, 0.5) is 0 Å². The van der Waals surface area contributed by atoms with Crippen LogP contribution >= 0.6 is 0 Å². The van der Waals surface area contributed by atoms with E-state index >= 15 is 0 Å². The highest BCUT2D eigenvalue weighted by Crippen LogP contribution is 2.31. The van der Waals surface area contributed by atoms with Crippen molar-refractivity contribution in [2.75, 3.05) is 7.05 Å². The quantitative estimate of drug-likeness (QED) is 0.523. The van der Waals surface area contributed by atoms with Crippen LogP contribution in [-0.4, -0.2) is 24.0 Å². The average molecular weight is 127 g/mol. The molecule has 1 aliphatic rings. The molecule has 0 amide bonds. The van der Waals surface area contributed by atoms with Crippen molar-refractivity contribution in [3.8, 4) is 0 Å². The Morgan fingerprint density at radius 3 is 2.22 bits per heavy atom. The van der Waals surface area contributed by atoms with Gasteiger partial charge in [-0.3, -0.25) is 4.90 Å². The molecule has 54 valence electrons. The first-order chi connectivity index (χ1) is 4.31. The van der Waals surface area contributed by atoms with Crippen LogP contribution in [0.5, 0.6) is 0 Å². The third kappa shape index (κ3) is 1.26. The highest BCUT2D eigenvalue weighted by molar-refractivity contribution is 4.97. The molecule has 0 radical (unpaired) electrons. The smallest absolute Gasteiger partial charge is 0.0251 e. The molecule has 0 bridgehead atoms. The highest BCUT2D eigenvalue weighted by Gasteiger charge is 2.41. The first-order valence-electron chi connectivity index (χ1n) is 4.03. The van der Waals surface area contributed by atoms with E-state index in [0.717, 1.165) is 12.1 Å². The predicted octanol–water partition coefficient (Wildman–Crippen LogP) is 1.88. The minimum absolute atomic E-state index is 0.921. The fourth-order valence-electron chi connectivity index (χ4n) is 1.73. The van der Waals surface area contributed by atoms with Gasteiger partial charge in [0.1, 0.15) is 0 Å². The standard InChI is InChI=1S/C8H17N/c1-4-6-8-7(5-2)9(8)3/h7-8H,4-6H2,1-3H3/t7?,8-,9?/m0/s1. The molecule has 1 fully saturated rings.